The number of nitrogens with zero attached hydrogens (tertiary/aromatic N) is 3. The Morgan fingerprint density at radius 3 is 2.40 bits per heavy atom. The van der Waals surface area contributed by atoms with E-state index >= 15 is 0 Å². The number of benzene rings is 2. The molecule has 0 amide bonds. The Bertz CT molecular complexity index is 996. The van der Waals surface area contributed by atoms with Crippen molar-refractivity contribution in [2.45, 2.75) is 45.6 Å². The summed E-state index contributed by atoms with van der Waals surface area (Å²) in [6.45, 7) is 3.81. The molecule has 0 saturated heterocycles. The summed E-state index contributed by atoms with van der Waals surface area (Å²) >= 11 is 0. The van der Waals surface area contributed by atoms with Crippen LogP contribution < -0.4 is 0 Å². The van der Waals surface area contributed by atoms with Crippen LogP contribution in [0.4, 0.5) is 5.69 Å². The summed E-state index contributed by atoms with van der Waals surface area (Å²) in [5.74, 6) is -0.0315. The molecule has 8 nitrogen and oxygen atoms in total. The molecule has 1 heterocycles. The summed E-state index contributed by atoms with van der Waals surface area (Å²) in [5.41, 5.74) is 2.65. The fourth-order valence-electron chi connectivity index (χ4n) is 2.90. The molecule has 156 valence electrons. The molecule has 0 aliphatic carbocycles. The van der Waals surface area contributed by atoms with Gasteiger partial charge in [0.25, 0.3) is 11.6 Å². The number of non-ortho nitro benzene ring substituents is 1. The number of esters is 1. The number of carbonyl (C=O) groups excluding carboxylic acids is 1. The van der Waals surface area contributed by atoms with E-state index in [0.717, 1.165) is 24.8 Å². The molecule has 0 aliphatic rings. The minimum absolute atomic E-state index is 0.0285. The lowest BCUT2D eigenvalue weighted by Crippen LogP contribution is -2.11. The van der Waals surface area contributed by atoms with Crippen LogP contribution in [0.3, 0.4) is 0 Å². The van der Waals surface area contributed by atoms with Crippen molar-refractivity contribution in [1.29, 1.82) is 0 Å². The summed E-state index contributed by atoms with van der Waals surface area (Å²) in [7, 11) is 0. The third-order valence-corrected chi connectivity index (χ3v) is 4.61. The van der Waals surface area contributed by atoms with Crippen LogP contribution >= 0.6 is 0 Å². The zero-order chi connectivity index (χ0) is 21.5. The molecule has 0 radical (unpaired) electrons. The van der Waals surface area contributed by atoms with Crippen molar-refractivity contribution in [3.8, 4) is 11.5 Å². The van der Waals surface area contributed by atoms with E-state index in [1.807, 2.05) is 24.3 Å². The molecular formula is C22H23N3O5. The molecule has 1 atom stereocenters. The Labute approximate surface area is 174 Å². The molecule has 0 aliphatic heterocycles. The van der Waals surface area contributed by atoms with E-state index < -0.39 is 11.0 Å². The Balaban J connectivity index is 1.57. The summed E-state index contributed by atoms with van der Waals surface area (Å²) in [5, 5.41) is 18.6. The van der Waals surface area contributed by atoms with Crippen molar-refractivity contribution in [2.75, 3.05) is 0 Å². The number of aromatic nitrogens is 2. The first-order chi connectivity index (χ1) is 14.5. The van der Waals surface area contributed by atoms with Crippen LogP contribution in [0.5, 0.6) is 0 Å². The lowest BCUT2D eigenvalue weighted by atomic mass is 10.1. The van der Waals surface area contributed by atoms with Gasteiger partial charge in [-0.25, -0.2) is 0 Å². The van der Waals surface area contributed by atoms with Crippen LogP contribution in [0, 0.1) is 10.1 Å². The lowest BCUT2D eigenvalue weighted by Gasteiger charge is -2.09. The van der Waals surface area contributed by atoms with Gasteiger partial charge in [-0.1, -0.05) is 37.6 Å². The van der Waals surface area contributed by atoms with Crippen LogP contribution in [-0.2, 0) is 22.4 Å². The minimum Gasteiger partial charge on any atom is -0.452 e. The van der Waals surface area contributed by atoms with Crippen molar-refractivity contribution in [3.63, 3.8) is 0 Å². The van der Waals surface area contributed by atoms with E-state index in [1.165, 1.54) is 29.8 Å². The van der Waals surface area contributed by atoms with Crippen LogP contribution in [0.2, 0.25) is 0 Å². The Morgan fingerprint density at radius 1 is 1.10 bits per heavy atom. The van der Waals surface area contributed by atoms with E-state index in [-0.39, 0.29) is 29.9 Å². The fourth-order valence-corrected chi connectivity index (χ4v) is 2.90. The van der Waals surface area contributed by atoms with Crippen LogP contribution in [0.1, 0.15) is 49.8 Å². The third-order valence-electron chi connectivity index (χ3n) is 4.61. The number of aryl methyl sites for hydroxylation is 1. The number of hydrogen-bond donors (Lipinski definition) is 0. The minimum atomic E-state index is -0.708. The second kappa shape index (κ2) is 9.78. The van der Waals surface area contributed by atoms with Gasteiger partial charge in [-0.15, -0.1) is 10.2 Å². The number of nitro groups is 1. The smallest absolute Gasteiger partial charge is 0.311 e. The van der Waals surface area contributed by atoms with Gasteiger partial charge < -0.3 is 9.15 Å². The number of nitro benzene ring substituents is 1. The maximum atomic E-state index is 12.3. The highest BCUT2D eigenvalue weighted by atomic mass is 16.6. The van der Waals surface area contributed by atoms with Crippen LogP contribution in [0.25, 0.3) is 11.5 Å². The van der Waals surface area contributed by atoms with Crippen LogP contribution in [-0.4, -0.2) is 21.1 Å². The first-order valence-corrected chi connectivity index (χ1v) is 9.81. The second-order valence-electron chi connectivity index (χ2n) is 6.98. The molecule has 0 fully saturated rings. The first kappa shape index (κ1) is 21.2. The molecular weight excluding hydrogens is 386 g/mol. The zero-order valence-electron chi connectivity index (χ0n) is 16.9. The zero-order valence-corrected chi connectivity index (χ0v) is 16.9. The normalized spacial score (nSPS) is 11.8. The highest BCUT2D eigenvalue weighted by Crippen LogP contribution is 2.24. The van der Waals surface area contributed by atoms with Gasteiger partial charge in [-0.3, -0.25) is 14.9 Å². The molecule has 0 N–H and O–H groups in total. The summed E-state index contributed by atoms with van der Waals surface area (Å²) in [6.07, 6.45) is 2.77. The molecule has 3 rings (SSSR count). The van der Waals surface area contributed by atoms with Crippen molar-refractivity contribution in [2.24, 2.45) is 0 Å². The van der Waals surface area contributed by atoms with Gasteiger partial charge >= 0.3 is 5.97 Å². The van der Waals surface area contributed by atoms with Crippen molar-refractivity contribution in [1.82, 2.24) is 10.2 Å². The van der Waals surface area contributed by atoms with E-state index in [0.29, 0.717) is 5.56 Å². The topological polar surface area (TPSA) is 108 Å². The lowest BCUT2D eigenvalue weighted by molar-refractivity contribution is -0.384. The van der Waals surface area contributed by atoms with Crippen molar-refractivity contribution >= 4 is 11.7 Å². The summed E-state index contributed by atoms with van der Waals surface area (Å²) in [4.78, 5) is 22.5. The van der Waals surface area contributed by atoms with E-state index in [2.05, 4.69) is 17.1 Å². The predicted molar refractivity (Wildman–Crippen MR) is 110 cm³/mol. The van der Waals surface area contributed by atoms with Gasteiger partial charge in [0.05, 0.1) is 11.3 Å². The quantitative estimate of drug-likeness (QED) is 0.283. The van der Waals surface area contributed by atoms with Crippen molar-refractivity contribution < 1.29 is 18.9 Å². The summed E-state index contributed by atoms with van der Waals surface area (Å²) in [6, 6.07) is 13.7. The maximum absolute atomic E-state index is 12.3. The Kier molecular flexibility index (Phi) is 6.90. The predicted octanol–water partition coefficient (Wildman–Crippen LogP) is 4.83. The second-order valence-corrected chi connectivity index (χ2v) is 6.98. The highest BCUT2D eigenvalue weighted by Gasteiger charge is 2.19. The summed E-state index contributed by atoms with van der Waals surface area (Å²) < 4.78 is 11.0. The van der Waals surface area contributed by atoms with Gasteiger partial charge in [-0.2, -0.15) is 0 Å². The fraction of sp³-hybridized carbons (Fsp3) is 0.318. The molecule has 2 aromatic carbocycles. The van der Waals surface area contributed by atoms with Gasteiger partial charge in [-0.05, 0) is 43.0 Å². The van der Waals surface area contributed by atoms with E-state index in [1.54, 1.807) is 6.92 Å². The van der Waals surface area contributed by atoms with Gasteiger partial charge in [0.15, 0.2) is 6.10 Å². The number of hydrogen-bond acceptors (Lipinski definition) is 7. The molecule has 3 aromatic rings. The molecule has 0 unspecified atom stereocenters. The monoisotopic (exact) mass is 409 g/mol. The number of ether oxygens (including phenoxy) is 1. The maximum Gasteiger partial charge on any atom is 0.311 e. The van der Waals surface area contributed by atoms with Gasteiger partial charge in [0.2, 0.25) is 5.89 Å². The SMILES string of the molecule is CCCCc1ccc(CC(=O)O[C@@H](C)c2nnc(-c3ccc([N+](=O)[O-])cc3)o2)cc1. The average molecular weight is 409 g/mol. The number of unbranched alkanes of at least 4 members (excludes halogenated alkanes) is 1. The average Bonchev–Trinajstić information content (AvgIpc) is 3.24. The van der Waals surface area contributed by atoms with Gasteiger partial charge in [0.1, 0.15) is 0 Å². The molecule has 1 aromatic heterocycles. The van der Waals surface area contributed by atoms with Gasteiger partial charge in [0, 0.05) is 17.7 Å². The molecule has 8 heteroatoms. The van der Waals surface area contributed by atoms with Crippen LogP contribution in [0.15, 0.2) is 52.9 Å². The number of carbonyl (C=O) groups is 1. The largest absolute Gasteiger partial charge is 0.452 e. The molecule has 0 saturated carbocycles. The molecule has 0 spiro atoms. The Hall–Kier alpha value is -3.55. The van der Waals surface area contributed by atoms with E-state index in [9.17, 15) is 14.9 Å². The molecule has 0 bridgehead atoms. The van der Waals surface area contributed by atoms with Crippen molar-refractivity contribution in [3.05, 3.63) is 75.7 Å². The Morgan fingerprint density at radius 2 is 1.77 bits per heavy atom. The number of rotatable bonds is 9. The molecule has 30 heavy (non-hydrogen) atoms. The standard InChI is InChI=1S/C22H23N3O5/c1-3-4-5-16-6-8-17(9-7-16)14-20(26)29-15(2)21-23-24-22(30-21)18-10-12-19(13-11-18)25(27)28/h6-13,15H,3-5,14H2,1-2H3/t15-/m0/s1. The third kappa shape index (κ3) is 5.50. The van der Waals surface area contributed by atoms with E-state index in [4.69, 9.17) is 9.15 Å². The highest BCUT2D eigenvalue weighted by molar-refractivity contribution is 5.72. The first-order valence-electron chi connectivity index (χ1n) is 9.81.